The SMILES string of the molecule is c1ccc(CN2CCCC(NCc3cc[nH]c3)C2)cc1. The average Bonchev–Trinajstić information content (AvgIpc) is 3.00. The standard InChI is InChI=1S/C17H23N3/c1-2-5-15(6-3-1)13-20-10-4-7-17(14-20)19-12-16-8-9-18-11-16/h1-3,5-6,8-9,11,17-19H,4,7,10,12-14H2. The first-order valence-corrected chi connectivity index (χ1v) is 7.51. The Morgan fingerprint density at radius 3 is 2.85 bits per heavy atom. The number of nitrogens with zero attached hydrogens (tertiary/aromatic N) is 1. The van der Waals surface area contributed by atoms with E-state index in [1.165, 1.54) is 30.5 Å². The van der Waals surface area contributed by atoms with Gasteiger partial charge in [-0.25, -0.2) is 0 Å². The fraction of sp³-hybridized carbons (Fsp3) is 0.412. The first-order chi connectivity index (χ1) is 9.90. The van der Waals surface area contributed by atoms with Gasteiger partial charge in [0.05, 0.1) is 0 Å². The average molecular weight is 269 g/mol. The number of H-pyrrole nitrogens is 1. The summed E-state index contributed by atoms with van der Waals surface area (Å²) in [6.07, 6.45) is 6.63. The molecule has 2 N–H and O–H groups in total. The van der Waals surface area contributed by atoms with Crippen LogP contribution in [0.5, 0.6) is 0 Å². The third-order valence-corrected chi connectivity index (χ3v) is 4.01. The third kappa shape index (κ3) is 3.71. The van der Waals surface area contributed by atoms with Gasteiger partial charge in [0.15, 0.2) is 0 Å². The fourth-order valence-corrected chi connectivity index (χ4v) is 2.94. The number of hydrogen-bond acceptors (Lipinski definition) is 2. The van der Waals surface area contributed by atoms with Crippen molar-refractivity contribution in [3.63, 3.8) is 0 Å². The molecule has 3 heteroatoms. The molecule has 0 bridgehead atoms. The van der Waals surface area contributed by atoms with E-state index >= 15 is 0 Å². The quantitative estimate of drug-likeness (QED) is 0.874. The maximum absolute atomic E-state index is 3.68. The van der Waals surface area contributed by atoms with Crippen molar-refractivity contribution in [1.82, 2.24) is 15.2 Å². The maximum atomic E-state index is 3.68. The van der Waals surface area contributed by atoms with Crippen LogP contribution in [0.1, 0.15) is 24.0 Å². The van der Waals surface area contributed by atoms with Crippen molar-refractivity contribution in [1.29, 1.82) is 0 Å². The van der Waals surface area contributed by atoms with E-state index in [1.807, 2.05) is 6.20 Å². The van der Waals surface area contributed by atoms with Gasteiger partial charge in [0.2, 0.25) is 0 Å². The van der Waals surface area contributed by atoms with Gasteiger partial charge in [0.25, 0.3) is 0 Å². The summed E-state index contributed by atoms with van der Waals surface area (Å²) >= 11 is 0. The van der Waals surface area contributed by atoms with Crippen molar-refractivity contribution in [2.24, 2.45) is 0 Å². The van der Waals surface area contributed by atoms with Crippen molar-refractivity contribution >= 4 is 0 Å². The number of benzene rings is 1. The van der Waals surface area contributed by atoms with Crippen LogP contribution in [0.4, 0.5) is 0 Å². The summed E-state index contributed by atoms with van der Waals surface area (Å²) < 4.78 is 0. The molecule has 1 unspecified atom stereocenters. The van der Waals surface area contributed by atoms with E-state index in [1.54, 1.807) is 0 Å². The highest BCUT2D eigenvalue weighted by atomic mass is 15.2. The number of aromatic amines is 1. The zero-order valence-corrected chi connectivity index (χ0v) is 11.9. The molecule has 0 amide bonds. The van der Waals surface area contributed by atoms with E-state index in [9.17, 15) is 0 Å². The molecule has 106 valence electrons. The van der Waals surface area contributed by atoms with E-state index in [0.29, 0.717) is 6.04 Å². The van der Waals surface area contributed by atoms with E-state index < -0.39 is 0 Å². The van der Waals surface area contributed by atoms with Crippen LogP contribution in [0, 0.1) is 0 Å². The second-order valence-electron chi connectivity index (χ2n) is 5.66. The molecule has 2 heterocycles. The molecule has 3 nitrogen and oxygen atoms in total. The number of aromatic nitrogens is 1. The van der Waals surface area contributed by atoms with E-state index in [0.717, 1.165) is 19.6 Å². The summed E-state index contributed by atoms with van der Waals surface area (Å²) in [7, 11) is 0. The number of likely N-dealkylation sites (tertiary alicyclic amines) is 1. The first-order valence-electron chi connectivity index (χ1n) is 7.51. The predicted molar refractivity (Wildman–Crippen MR) is 82.4 cm³/mol. The van der Waals surface area contributed by atoms with Gasteiger partial charge in [-0.2, -0.15) is 0 Å². The van der Waals surface area contributed by atoms with Crippen LogP contribution in [0.15, 0.2) is 48.8 Å². The Balaban J connectivity index is 1.49. The molecule has 1 aromatic carbocycles. The molecule has 1 aromatic heterocycles. The minimum atomic E-state index is 0.613. The lowest BCUT2D eigenvalue weighted by Crippen LogP contribution is -2.44. The van der Waals surface area contributed by atoms with Gasteiger partial charge in [0.1, 0.15) is 0 Å². The molecule has 0 spiro atoms. The number of hydrogen-bond donors (Lipinski definition) is 2. The predicted octanol–water partition coefficient (Wildman–Crippen LogP) is 2.77. The van der Waals surface area contributed by atoms with Gasteiger partial charge in [-0.1, -0.05) is 30.3 Å². The van der Waals surface area contributed by atoms with Gasteiger partial charge in [0, 0.05) is 38.1 Å². The van der Waals surface area contributed by atoms with Crippen molar-refractivity contribution in [2.75, 3.05) is 13.1 Å². The summed E-state index contributed by atoms with van der Waals surface area (Å²) in [6.45, 7) is 4.41. The highest BCUT2D eigenvalue weighted by molar-refractivity contribution is 5.14. The van der Waals surface area contributed by atoms with E-state index in [-0.39, 0.29) is 0 Å². The number of rotatable bonds is 5. The summed E-state index contributed by atoms with van der Waals surface area (Å²) in [4.78, 5) is 5.67. The summed E-state index contributed by atoms with van der Waals surface area (Å²) in [5.74, 6) is 0. The molecule has 3 rings (SSSR count). The van der Waals surface area contributed by atoms with Crippen molar-refractivity contribution < 1.29 is 0 Å². The minimum Gasteiger partial charge on any atom is -0.367 e. The smallest absolute Gasteiger partial charge is 0.0234 e. The molecule has 1 atom stereocenters. The third-order valence-electron chi connectivity index (χ3n) is 4.01. The molecule has 2 aromatic rings. The highest BCUT2D eigenvalue weighted by Gasteiger charge is 2.19. The van der Waals surface area contributed by atoms with Crippen LogP contribution in [0.3, 0.4) is 0 Å². The van der Waals surface area contributed by atoms with Crippen LogP contribution in [0.25, 0.3) is 0 Å². The molecule has 20 heavy (non-hydrogen) atoms. The van der Waals surface area contributed by atoms with Crippen LogP contribution in [0.2, 0.25) is 0 Å². The first kappa shape index (κ1) is 13.4. The zero-order valence-electron chi connectivity index (χ0n) is 11.9. The fourth-order valence-electron chi connectivity index (χ4n) is 2.94. The summed E-state index contributed by atoms with van der Waals surface area (Å²) in [5.41, 5.74) is 2.75. The lowest BCUT2D eigenvalue weighted by atomic mass is 10.0. The van der Waals surface area contributed by atoms with Crippen LogP contribution >= 0.6 is 0 Å². The molecule has 1 saturated heterocycles. The molecule has 1 fully saturated rings. The van der Waals surface area contributed by atoms with Crippen LogP contribution in [-0.2, 0) is 13.1 Å². The summed E-state index contributed by atoms with van der Waals surface area (Å²) in [5, 5.41) is 3.68. The Kier molecular flexibility index (Phi) is 4.51. The Morgan fingerprint density at radius 1 is 1.15 bits per heavy atom. The largest absolute Gasteiger partial charge is 0.367 e. The molecule has 1 aliphatic rings. The van der Waals surface area contributed by atoms with Gasteiger partial charge in [-0.3, -0.25) is 4.90 Å². The topological polar surface area (TPSA) is 31.1 Å². The van der Waals surface area contributed by atoms with E-state index in [2.05, 4.69) is 57.8 Å². The lowest BCUT2D eigenvalue weighted by molar-refractivity contribution is 0.182. The summed E-state index contributed by atoms with van der Waals surface area (Å²) in [6, 6.07) is 13.5. The van der Waals surface area contributed by atoms with Crippen molar-refractivity contribution in [3.8, 4) is 0 Å². The van der Waals surface area contributed by atoms with Gasteiger partial charge in [-0.05, 0) is 36.6 Å². The number of nitrogens with one attached hydrogen (secondary N) is 2. The lowest BCUT2D eigenvalue weighted by Gasteiger charge is -2.33. The Labute approximate surface area is 121 Å². The Morgan fingerprint density at radius 2 is 2.05 bits per heavy atom. The van der Waals surface area contributed by atoms with Crippen molar-refractivity contribution in [3.05, 3.63) is 59.9 Å². The van der Waals surface area contributed by atoms with E-state index in [4.69, 9.17) is 0 Å². The molecule has 0 aliphatic carbocycles. The van der Waals surface area contributed by atoms with Gasteiger partial charge in [-0.15, -0.1) is 0 Å². The van der Waals surface area contributed by atoms with Crippen LogP contribution in [-0.4, -0.2) is 29.0 Å². The van der Waals surface area contributed by atoms with Gasteiger partial charge >= 0.3 is 0 Å². The molecule has 1 aliphatic heterocycles. The normalized spacial score (nSPS) is 20.1. The Hall–Kier alpha value is -1.58. The Bertz CT molecular complexity index is 492. The second kappa shape index (κ2) is 6.73. The second-order valence-corrected chi connectivity index (χ2v) is 5.66. The molecule has 0 radical (unpaired) electrons. The molecule has 0 saturated carbocycles. The van der Waals surface area contributed by atoms with Crippen LogP contribution < -0.4 is 5.32 Å². The van der Waals surface area contributed by atoms with Crippen molar-refractivity contribution in [2.45, 2.75) is 32.0 Å². The van der Waals surface area contributed by atoms with Gasteiger partial charge < -0.3 is 10.3 Å². The molecular weight excluding hydrogens is 246 g/mol. The highest BCUT2D eigenvalue weighted by Crippen LogP contribution is 2.14. The monoisotopic (exact) mass is 269 g/mol. The number of piperidine rings is 1. The minimum absolute atomic E-state index is 0.613. The maximum Gasteiger partial charge on any atom is 0.0234 e. The molecular formula is C17H23N3. The zero-order chi connectivity index (χ0) is 13.6.